The molecule has 21 heavy (non-hydrogen) atoms. The molecule has 0 saturated carbocycles. The summed E-state index contributed by atoms with van der Waals surface area (Å²) in [5, 5.41) is 10.8. The van der Waals surface area contributed by atoms with Gasteiger partial charge in [0.1, 0.15) is 5.75 Å². The topological polar surface area (TPSA) is 67.0 Å². The monoisotopic (exact) mass is 279 g/mol. The van der Waals surface area contributed by atoms with Crippen LogP contribution in [-0.4, -0.2) is 22.2 Å². The van der Waals surface area contributed by atoms with Crippen LogP contribution < -0.4 is 10.1 Å². The molecule has 1 aromatic heterocycles. The number of benzene rings is 2. The number of para-hydroxylation sites is 2. The summed E-state index contributed by atoms with van der Waals surface area (Å²) in [5.41, 5.74) is 2.60. The van der Waals surface area contributed by atoms with E-state index in [1.165, 1.54) is 0 Å². The minimum atomic E-state index is -0.486. The maximum Gasteiger partial charge on any atom is 0.265 e. The molecule has 0 saturated heterocycles. The number of carbonyl (C=O) groups is 1. The summed E-state index contributed by atoms with van der Waals surface area (Å²) >= 11 is 0. The van der Waals surface area contributed by atoms with Crippen molar-refractivity contribution >= 4 is 22.5 Å². The van der Waals surface area contributed by atoms with Gasteiger partial charge in [-0.2, -0.15) is 5.10 Å². The van der Waals surface area contributed by atoms with Crippen molar-refractivity contribution in [1.29, 1.82) is 0 Å². The summed E-state index contributed by atoms with van der Waals surface area (Å²) in [6.07, 6.45) is 1.84. The molecule has 0 unspecified atom stereocenters. The van der Waals surface area contributed by atoms with Gasteiger partial charge < -0.3 is 10.1 Å². The van der Waals surface area contributed by atoms with E-state index in [-0.39, 0.29) is 5.91 Å². The molecule has 5 nitrogen and oxygen atoms in total. The Hall–Kier alpha value is -2.82. The van der Waals surface area contributed by atoms with Gasteiger partial charge >= 0.3 is 0 Å². The van der Waals surface area contributed by atoms with Crippen molar-refractivity contribution in [2.75, 3.05) is 5.32 Å². The van der Waals surface area contributed by atoms with Crippen LogP contribution in [-0.2, 0) is 11.2 Å². The fraction of sp³-hybridized carbons (Fsp3) is 0.125. The van der Waals surface area contributed by atoms with Crippen LogP contribution in [0, 0.1) is 0 Å². The van der Waals surface area contributed by atoms with E-state index in [1.54, 1.807) is 6.20 Å². The highest BCUT2D eigenvalue weighted by atomic mass is 16.5. The highest BCUT2D eigenvalue weighted by molar-refractivity contribution is 6.02. The summed E-state index contributed by atoms with van der Waals surface area (Å²) in [6.45, 7) is 0. The van der Waals surface area contributed by atoms with Crippen LogP contribution in [0.15, 0.2) is 48.7 Å². The van der Waals surface area contributed by atoms with Crippen molar-refractivity contribution in [2.45, 2.75) is 12.5 Å². The summed E-state index contributed by atoms with van der Waals surface area (Å²) in [5.74, 6) is 0.644. The summed E-state index contributed by atoms with van der Waals surface area (Å²) < 4.78 is 5.70. The molecule has 0 spiro atoms. The number of carbonyl (C=O) groups excluding carboxylic acids is 1. The number of nitrogens with one attached hydrogen (secondary N) is 2. The molecule has 5 heteroatoms. The average molecular weight is 279 g/mol. The zero-order valence-corrected chi connectivity index (χ0v) is 11.2. The average Bonchev–Trinajstić information content (AvgIpc) is 3.14. The lowest BCUT2D eigenvalue weighted by atomic mass is 10.1. The fourth-order valence-electron chi connectivity index (χ4n) is 2.61. The third-order valence-electron chi connectivity index (χ3n) is 3.67. The molecule has 0 aliphatic carbocycles. The molecular formula is C16H13N3O2. The molecule has 1 atom stereocenters. The van der Waals surface area contributed by atoms with Gasteiger partial charge in [-0.3, -0.25) is 9.89 Å². The third kappa shape index (κ3) is 2.03. The van der Waals surface area contributed by atoms with Crippen LogP contribution in [0.3, 0.4) is 0 Å². The van der Waals surface area contributed by atoms with E-state index in [4.69, 9.17) is 4.74 Å². The zero-order chi connectivity index (χ0) is 14.2. The smallest absolute Gasteiger partial charge is 0.265 e. The van der Waals surface area contributed by atoms with Gasteiger partial charge in [0, 0.05) is 11.8 Å². The largest absolute Gasteiger partial charge is 0.480 e. The van der Waals surface area contributed by atoms with Gasteiger partial charge in [0.05, 0.1) is 17.4 Å². The van der Waals surface area contributed by atoms with E-state index < -0.39 is 6.10 Å². The SMILES string of the molecule is O=C(Nc1cccc2cn[nH]c12)[C@H]1Cc2ccccc2O1. The van der Waals surface area contributed by atoms with Crippen molar-refractivity contribution in [3.8, 4) is 5.75 Å². The molecule has 2 heterocycles. The number of fused-ring (bicyclic) bond motifs is 2. The Morgan fingerprint density at radius 3 is 3.05 bits per heavy atom. The first-order valence-electron chi connectivity index (χ1n) is 6.79. The second kappa shape index (κ2) is 4.63. The molecule has 2 aromatic carbocycles. The highest BCUT2D eigenvalue weighted by Crippen LogP contribution is 2.29. The molecule has 1 amide bonds. The Labute approximate surface area is 120 Å². The Morgan fingerprint density at radius 1 is 1.24 bits per heavy atom. The van der Waals surface area contributed by atoms with Gasteiger partial charge in [0.15, 0.2) is 6.10 Å². The fourth-order valence-corrected chi connectivity index (χ4v) is 2.61. The number of aromatic nitrogens is 2. The van der Waals surface area contributed by atoms with Crippen LogP contribution in [0.2, 0.25) is 0 Å². The second-order valence-electron chi connectivity index (χ2n) is 5.05. The first-order valence-corrected chi connectivity index (χ1v) is 6.79. The van der Waals surface area contributed by atoms with E-state index in [2.05, 4.69) is 15.5 Å². The van der Waals surface area contributed by atoms with E-state index in [0.29, 0.717) is 6.42 Å². The van der Waals surface area contributed by atoms with Gasteiger partial charge in [-0.05, 0) is 17.7 Å². The quantitative estimate of drug-likeness (QED) is 0.757. The van der Waals surface area contributed by atoms with Crippen molar-refractivity contribution in [2.24, 2.45) is 0 Å². The van der Waals surface area contributed by atoms with E-state index in [1.807, 2.05) is 42.5 Å². The molecule has 0 bridgehead atoms. The number of amides is 1. The third-order valence-corrected chi connectivity index (χ3v) is 3.67. The van der Waals surface area contributed by atoms with E-state index in [0.717, 1.165) is 27.9 Å². The number of rotatable bonds is 2. The zero-order valence-electron chi connectivity index (χ0n) is 11.2. The van der Waals surface area contributed by atoms with Gasteiger partial charge in [-0.1, -0.05) is 30.3 Å². The molecule has 1 aliphatic heterocycles. The van der Waals surface area contributed by atoms with Crippen molar-refractivity contribution < 1.29 is 9.53 Å². The lowest BCUT2D eigenvalue weighted by Crippen LogP contribution is -2.31. The molecule has 2 N–H and O–H groups in total. The van der Waals surface area contributed by atoms with Crippen LogP contribution in [0.25, 0.3) is 10.9 Å². The molecular weight excluding hydrogens is 266 g/mol. The van der Waals surface area contributed by atoms with Gasteiger partial charge in [-0.25, -0.2) is 0 Å². The van der Waals surface area contributed by atoms with Gasteiger partial charge in [0.2, 0.25) is 0 Å². The Kier molecular flexibility index (Phi) is 2.64. The molecule has 1 aliphatic rings. The second-order valence-corrected chi connectivity index (χ2v) is 5.05. The Bertz CT molecular complexity index is 800. The molecule has 4 rings (SSSR count). The van der Waals surface area contributed by atoms with Crippen molar-refractivity contribution in [1.82, 2.24) is 10.2 Å². The van der Waals surface area contributed by atoms with Crippen LogP contribution in [0.4, 0.5) is 5.69 Å². The standard InChI is InChI=1S/C16H13N3O2/c20-16(14-8-10-4-1-2-7-13(10)21-14)18-12-6-3-5-11-9-17-19-15(11)12/h1-7,9,14H,8H2,(H,17,19)(H,18,20)/t14-/m1/s1. The molecule has 104 valence electrons. The van der Waals surface area contributed by atoms with Crippen LogP contribution in [0.1, 0.15) is 5.56 Å². The minimum absolute atomic E-state index is 0.145. The van der Waals surface area contributed by atoms with Crippen LogP contribution >= 0.6 is 0 Å². The van der Waals surface area contributed by atoms with E-state index >= 15 is 0 Å². The highest BCUT2D eigenvalue weighted by Gasteiger charge is 2.29. The Morgan fingerprint density at radius 2 is 2.14 bits per heavy atom. The summed E-state index contributed by atoms with van der Waals surface area (Å²) in [6, 6.07) is 13.4. The Balaban J connectivity index is 1.56. The number of nitrogens with zero attached hydrogens (tertiary/aromatic N) is 1. The number of hydrogen-bond acceptors (Lipinski definition) is 3. The van der Waals surface area contributed by atoms with Crippen molar-refractivity contribution in [3.05, 3.63) is 54.2 Å². The lowest BCUT2D eigenvalue weighted by molar-refractivity contribution is -0.122. The maximum absolute atomic E-state index is 12.4. The minimum Gasteiger partial charge on any atom is -0.480 e. The number of anilines is 1. The molecule has 0 fully saturated rings. The number of hydrogen-bond donors (Lipinski definition) is 2. The summed E-state index contributed by atoms with van der Waals surface area (Å²) in [7, 11) is 0. The normalized spacial score (nSPS) is 16.5. The molecule has 3 aromatic rings. The molecule has 0 radical (unpaired) electrons. The van der Waals surface area contributed by atoms with Crippen LogP contribution in [0.5, 0.6) is 5.75 Å². The van der Waals surface area contributed by atoms with Gasteiger partial charge in [0.25, 0.3) is 5.91 Å². The first kappa shape index (κ1) is 12.0. The number of aromatic amines is 1. The number of ether oxygens (including phenoxy) is 1. The predicted molar refractivity (Wildman–Crippen MR) is 79.3 cm³/mol. The van der Waals surface area contributed by atoms with E-state index in [9.17, 15) is 4.79 Å². The predicted octanol–water partition coefficient (Wildman–Crippen LogP) is 2.51. The summed E-state index contributed by atoms with van der Waals surface area (Å²) in [4.78, 5) is 12.4. The van der Waals surface area contributed by atoms with Gasteiger partial charge in [-0.15, -0.1) is 0 Å². The number of H-pyrrole nitrogens is 1. The van der Waals surface area contributed by atoms with Crippen molar-refractivity contribution in [3.63, 3.8) is 0 Å². The first-order chi connectivity index (χ1) is 10.3. The lowest BCUT2D eigenvalue weighted by Gasteiger charge is -2.11. The maximum atomic E-state index is 12.4.